The lowest BCUT2D eigenvalue weighted by atomic mass is 10.1. The molecule has 4 heteroatoms. The van der Waals surface area contributed by atoms with E-state index in [0.717, 1.165) is 41.0 Å². The van der Waals surface area contributed by atoms with Gasteiger partial charge in [-0.3, -0.25) is 4.79 Å². The number of hydrogen-bond acceptors (Lipinski definition) is 3. The first-order chi connectivity index (χ1) is 12.1. The molecular weight excluding hydrogens is 312 g/mol. The Hall–Kier alpha value is -2.59. The molecule has 0 fully saturated rings. The Morgan fingerprint density at radius 2 is 1.88 bits per heavy atom. The van der Waals surface area contributed by atoms with Crippen LogP contribution in [0.1, 0.15) is 29.5 Å². The number of nitrogens with two attached hydrogens (primary N) is 1. The second-order valence-electron chi connectivity index (χ2n) is 6.45. The second-order valence-corrected chi connectivity index (χ2v) is 6.45. The number of carbonyl (C=O) groups excluding carboxylic acids is 1. The lowest BCUT2D eigenvalue weighted by molar-refractivity contribution is -0.117. The molecule has 0 aromatic heterocycles. The lowest BCUT2D eigenvalue weighted by Gasteiger charge is -2.31. The Morgan fingerprint density at radius 3 is 2.64 bits per heavy atom. The number of anilines is 1. The van der Waals surface area contributed by atoms with Gasteiger partial charge in [0.05, 0.1) is 5.69 Å². The Labute approximate surface area is 148 Å². The molecule has 1 heterocycles. The van der Waals surface area contributed by atoms with Crippen LogP contribution in [0.3, 0.4) is 0 Å². The van der Waals surface area contributed by atoms with E-state index in [2.05, 4.69) is 0 Å². The first-order valence-electron chi connectivity index (χ1n) is 8.67. The molecule has 2 N–H and O–H groups in total. The third-order valence-corrected chi connectivity index (χ3v) is 4.26. The SMILES string of the molecule is Cc1cccc(/C=C2/Oc3ccc(C)cc3N(CCCCN)C2=O)c1. The van der Waals surface area contributed by atoms with Gasteiger partial charge in [0, 0.05) is 6.54 Å². The van der Waals surface area contributed by atoms with E-state index in [9.17, 15) is 4.79 Å². The summed E-state index contributed by atoms with van der Waals surface area (Å²) in [5, 5.41) is 0. The minimum atomic E-state index is -0.100. The van der Waals surface area contributed by atoms with Crippen molar-refractivity contribution in [2.24, 2.45) is 5.73 Å². The monoisotopic (exact) mass is 336 g/mol. The molecule has 3 rings (SSSR count). The molecule has 25 heavy (non-hydrogen) atoms. The predicted molar refractivity (Wildman–Crippen MR) is 102 cm³/mol. The zero-order valence-electron chi connectivity index (χ0n) is 14.8. The van der Waals surface area contributed by atoms with Crippen molar-refractivity contribution in [2.75, 3.05) is 18.0 Å². The zero-order chi connectivity index (χ0) is 17.8. The van der Waals surface area contributed by atoms with E-state index in [-0.39, 0.29) is 5.91 Å². The third kappa shape index (κ3) is 3.91. The summed E-state index contributed by atoms with van der Waals surface area (Å²) in [6.45, 7) is 5.32. The van der Waals surface area contributed by atoms with E-state index >= 15 is 0 Å². The second kappa shape index (κ2) is 7.53. The van der Waals surface area contributed by atoms with Crippen LogP contribution in [0.25, 0.3) is 6.08 Å². The maximum absolute atomic E-state index is 13.0. The normalized spacial score (nSPS) is 15.2. The van der Waals surface area contributed by atoms with Crippen molar-refractivity contribution in [3.63, 3.8) is 0 Å². The largest absolute Gasteiger partial charge is 0.449 e. The summed E-state index contributed by atoms with van der Waals surface area (Å²) in [7, 11) is 0. The number of rotatable bonds is 5. The number of hydrogen-bond donors (Lipinski definition) is 1. The van der Waals surface area contributed by atoms with Gasteiger partial charge in [0.2, 0.25) is 0 Å². The molecule has 0 aliphatic carbocycles. The Balaban J connectivity index is 1.97. The van der Waals surface area contributed by atoms with Crippen LogP contribution in [0.5, 0.6) is 5.75 Å². The quantitative estimate of drug-likeness (QED) is 0.667. The van der Waals surface area contributed by atoms with Gasteiger partial charge in [-0.15, -0.1) is 0 Å². The fraction of sp³-hybridized carbons (Fsp3) is 0.286. The minimum absolute atomic E-state index is 0.100. The third-order valence-electron chi connectivity index (χ3n) is 4.26. The highest BCUT2D eigenvalue weighted by Gasteiger charge is 2.30. The van der Waals surface area contributed by atoms with Crippen LogP contribution in [0, 0.1) is 13.8 Å². The standard InChI is InChI=1S/C21H24N2O2/c1-15-6-5-7-17(12-15)14-20-21(24)23(11-4-3-10-22)18-13-16(2)8-9-19(18)25-20/h5-9,12-14H,3-4,10-11,22H2,1-2H3/b20-14+. The fourth-order valence-electron chi connectivity index (χ4n) is 2.97. The molecule has 1 aliphatic heterocycles. The number of ether oxygens (including phenoxy) is 1. The number of unbranched alkanes of at least 4 members (excludes halogenated alkanes) is 1. The van der Waals surface area contributed by atoms with Gasteiger partial charge in [-0.05, 0) is 62.6 Å². The zero-order valence-corrected chi connectivity index (χ0v) is 14.8. The molecule has 0 spiro atoms. The van der Waals surface area contributed by atoms with E-state index in [1.54, 1.807) is 0 Å². The highest BCUT2D eigenvalue weighted by atomic mass is 16.5. The van der Waals surface area contributed by atoms with Gasteiger partial charge < -0.3 is 15.4 Å². The van der Waals surface area contributed by atoms with Crippen LogP contribution in [-0.4, -0.2) is 19.0 Å². The van der Waals surface area contributed by atoms with Gasteiger partial charge >= 0.3 is 0 Å². The van der Waals surface area contributed by atoms with Crippen molar-refractivity contribution < 1.29 is 9.53 Å². The summed E-state index contributed by atoms with van der Waals surface area (Å²) >= 11 is 0. The Morgan fingerprint density at radius 1 is 1.08 bits per heavy atom. The molecule has 4 nitrogen and oxygen atoms in total. The van der Waals surface area contributed by atoms with Crippen LogP contribution >= 0.6 is 0 Å². The Bertz CT molecular complexity index is 811. The molecule has 0 unspecified atom stereocenters. The number of nitrogens with zero attached hydrogens (tertiary/aromatic N) is 1. The first-order valence-corrected chi connectivity index (χ1v) is 8.67. The minimum Gasteiger partial charge on any atom is -0.449 e. The summed E-state index contributed by atoms with van der Waals surface area (Å²) in [5.74, 6) is 0.975. The molecule has 2 aromatic rings. The van der Waals surface area contributed by atoms with E-state index in [1.165, 1.54) is 0 Å². The van der Waals surface area contributed by atoms with Crippen molar-refractivity contribution in [1.82, 2.24) is 0 Å². The molecule has 0 bridgehead atoms. The molecule has 0 radical (unpaired) electrons. The molecule has 0 saturated carbocycles. The van der Waals surface area contributed by atoms with E-state index in [4.69, 9.17) is 10.5 Å². The molecule has 2 aromatic carbocycles. The van der Waals surface area contributed by atoms with Gasteiger partial charge in [0.25, 0.3) is 5.91 Å². The Kier molecular flexibility index (Phi) is 5.19. The van der Waals surface area contributed by atoms with Crippen molar-refractivity contribution in [3.05, 3.63) is 64.9 Å². The molecule has 0 atom stereocenters. The van der Waals surface area contributed by atoms with E-state index in [0.29, 0.717) is 18.8 Å². The van der Waals surface area contributed by atoms with Gasteiger partial charge in [-0.2, -0.15) is 0 Å². The number of aryl methyl sites for hydroxylation is 2. The van der Waals surface area contributed by atoms with E-state index < -0.39 is 0 Å². The number of fused-ring (bicyclic) bond motifs is 1. The van der Waals surface area contributed by atoms with Crippen LogP contribution < -0.4 is 15.4 Å². The maximum Gasteiger partial charge on any atom is 0.294 e. The van der Waals surface area contributed by atoms with E-state index in [1.807, 2.05) is 67.3 Å². The summed E-state index contributed by atoms with van der Waals surface area (Å²) in [6.07, 6.45) is 3.57. The summed E-state index contributed by atoms with van der Waals surface area (Å²) < 4.78 is 5.92. The predicted octanol–water partition coefficient (Wildman–Crippen LogP) is 3.81. The van der Waals surface area contributed by atoms with Crippen LogP contribution in [0.4, 0.5) is 5.69 Å². The number of amides is 1. The summed E-state index contributed by atoms with van der Waals surface area (Å²) in [5.41, 5.74) is 9.65. The maximum atomic E-state index is 13.0. The summed E-state index contributed by atoms with van der Waals surface area (Å²) in [6, 6.07) is 13.9. The molecule has 0 saturated heterocycles. The van der Waals surface area contributed by atoms with Crippen molar-refractivity contribution in [3.8, 4) is 5.75 Å². The molecular formula is C21H24N2O2. The van der Waals surface area contributed by atoms with Crippen LogP contribution in [0.2, 0.25) is 0 Å². The number of carbonyl (C=O) groups is 1. The van der Waals surface area contributed by atoms with Crippen LogP contribution in [0.15, 0.2) is 48.2 Å². The number of benzene rings is 2. The average Bonchev–Trinajstić information content (AvgIpc) is 2.58. The van der Waals surface area contributed by atoms with Gasteiger partial charge in [-0.1, -0.05) is 35.9 Å². The molecule has 1 amide bonds. The molecule has 130 valence electrons. The smallest absolute Gasteiger partial charge is 0.294 e. The highest BCUT2D eigenvalue weighted by Crippen LogP contribution is 2.36. The highest BCUT2D eigenvalue weighted by molar-refractivity contribution is 6.09. The average molecular weight is 336 g/mol. The van der Waals surface area contributed by atoms with Gasteiger partial charge in [-0.25, -0.2) is 0 Å². The summed E-state index contributed by atoms with van der Waals surface area (Å²) in [4.78, 5) is 14.8. The molecule has 1 aliphatic rings. The fourth-order valence-corrected chi connectivity index (χ4v) is 2.97. The topological polar surface area (TPSA) is 55.6 Å². The first kappa shape index (κ1) is 17.2. The van der Waals surface area contributed by atoms with Crippen molar-refractivity contribution in [2.45, 2.75) is 26.7 Å². The van der Waals surface area contributed by atoms with Crippen LogP contribution in [-0.2, 0) is 4.79 Å². The van der Waals surface area contributed by atoms with Gasteiger partial charge in [0.1, 0.15) is 0 Å². The van der Waals surface area contributed by atoms with Crippen molar-refractivity contribution in [1.29, 1.82) is 0 Å². The lowest BCUT2D eigenvalue weighted by Crippen LogP contribution is -2.38. The van der Waals surface area contributed by atoms with Gasteiger partial charge in [0.15, 0.2) is 11.5 Å². The van der Waals surface area contributed by atoms with Crippen molar-refractivity contribution >= 4 is 17.7 Å².